The van der Waals surface area contributed by atoms with Gasteiger partial charge >= 0.3 is 0 Å². The fourth-order valence-corrected chi connectivity index (χ4v) is 4.50. The standard InChI is InChI=1S/C26H25ClN6O3S/c27-19-10-6-9-18(16-19)24(35)25(36)29-26-33-32-23(37-26)12-5-4-11-20-13-14-21(31-30-20)28-22(34)15-17-7-2-1-3-8-17/h1-3,6-10,13-14,16,24,35H,4-5,11-12,15H2,(H,28,31,34)(H,29,33,36)/t24-/m1/s1. The Morgan fingerprint density at radius 3 is 2.46 bits per heavy atom. The third-order valence-electron chi connectivity index (χ3n) is 5.38. The highest BCUT2D eigenvalue weighted by molar-refractivity contribution is 7.15. The number of aliphatic hydroxyl groups excluding tert-OH is 1. The molecule has 2 amide bonds. The van der Waals surface area contributed by atoms with Crippen LogP contribution < -0.4 is 10.6 Å². The van der Waals surface area contributed by atoms with Gasteiger partial charge in [0.15, 0.2) is 11.9 Å². The molecule has 0 spiro atoms. The minimum Gasteiger partial charge on any atom is -0.378 e. The maximum absolute atomic E-state index is 12.3. The Labute approximate surface area is 222 Å². The summed E-state index contributed by atoms with van der Waals surface area (Å²) in [6, 6.07) is 19.6. The number of carbonyl (C=O) groups is 2. The average molecular weight is 537 g/mol. The highest BCUT2D eigenvalue weighted by Crippen LogP contribution is 2.22. The largest absolute Gasteiger partial charge is 0.378 e. The Bertz CT molecular complexity index is 1330. The lowest BCUT2D eigenvalue weighted by atomic mass is 10.1. The molecule has 4 aromatic rings. The van der Waals surface area contributed by atoms with Crippen LogP contribution in [0.15, 0.2) is 66.7 Å². The molecule has 190 valence electrons. The predicted molar refractivity (Wildman–Crippen MR) is 142 cm³/mol. The van der Waals surface area contributed by atoms with Crippen molar-refractivity contribution in [2.45, 2.75) is 38.2 Å². The van der Waals surface area contributed by atoms with Crippen molar-refractivity contribution in [1.82, 2.24) is 20.4 Å². The lowest BCUT2D eigenvalue weighted by molar-refractivity contribution is -0.124. The summed E-state index contributed by atoms with van der Waals surface area (Å²) in [6.45, 7) is 0. The van der Waals surface area contributed by atoms with Crippen LogP contribution in [0.4, 0.5) is 10.9 Å². The van der Waals surface area contributed by atoms with E-state index in [-0.39, 0.29) is 12.3 Å². The van der Waals surface area contributed by atoms with E-state index in [1.165, 1.54) is 17.4 Å². The topological polar surface area (TPSA) is 130 Å². The second-order valence-electron chi connectivity index (χ2n) is 8.28. The second-order valence-corrected chi connectivity index (χ2v) is 9.77. The molecule has 0 aliphatic rings. The van der Waals surface area contributed by atoms with Crippen LogP contribution in [0.3, 0.4) is 0 Å². The molecule has 0 fully saturated rings. The molecule has 37 heavy (non-hydrogen) atoms. The number of aryl methyl sites for hydroxylation is 2. The van der Waals surface area contributed by atoms with Crippen LogP contribution in [-0.2, 0) is 28.9 Å². The van der Waals surface area contributed by atoms with E-state index in [0.29, 0.717) is 28.0 Å². The van der Waals surface area contributed by atoms with Crippen LogP contribution in [0.2, 0.25) is 5.02 Å². The van der Waals surface area contributed by atoms with Crippen LogP contribution in [-0.4, -0.2) is 37.3 Å². The molecule has 9 nitrogen and oxygen atoms in total. The maximum Gasteiger partial charge on any atom is 0.259 e. The van der Waals surface area contributed by atoms with Gasteiger partial charge in [-0.05, 0) is 54.7 Å². The summed E-state index contributed by atoms with van der Waals surface area (Å²) in [6.07, 6.45) is 2.08. The highest BCUT2D eigenvalue weighted by atomic mass is 35.5. The zero-order valence-corrected chi connectivity index (χ0v) is 21.4. The van der Waals surface area contributed by atoms with Gasteiger partial charge in [-0.15, -0.1) is 15.3 Å². The van der Waals surface area contributed by atoms with E-state index < -0.39 is 12.0 Å². The fourth-order valence-electron chi connectivity index (χ4n) is 3.52. The van der Waals surface area contributed by atoms with Gasteiger partial charge in [0.2, 0.25) is 11.0 Å². The molecule has 11 heteroatoms. The van der Waals surface area contributed by atoms with Crippen LogP contribution in [0.25, 0.3) is 0 Å². The molecule has 0 saturated carbocycles. The summed E-state index contributed by atoms with van der Waals surface area (Å²) in [5.41, 5.74) is 2.17. The molecule has 1 atom stereocenters. The molecule has 3 N–H and O–H groups in total. The van der Waals surface area contributed by atoms with Crippen molar-refractivity contribution in [3.63, 3.8) is 0 Å². The van der Waals surface area contributed by atoms with Gasteiger partial charge in [-0.2, -0.15) is 5.10 Å². The molecule has 0 unspecified atom stereocenters. The van der Waals surface area contributed by atoms with Crippen molar-refractivity contribution in [3.8, 4) is 0 Å². The van der Waals surface area contributed by atoms with Gasteiger partial charge < -0.3 is 10.4 Å². The number of nitrogens with one attached hydrogen (secondary N) is 2. The summed E-state index contributed by atoms with van der Waals surface area (Å²) in [5, 5.41) is 33.5. The monoisotopic (exact) mass is 536 g/mol. The van der Waals surface area contributed by atoms with Gasteiger partial charge in [0.1, 0.15) is 5.01 Å². The van der Waals surface area contributed by atoms with E-state index in [9.17, 15) is 14.7 Å². The molecular formula is C26H25ClN6O3S. The molecule has 0 bridgehead atoms. The molecule has 4 rings (SSSR count). The third kappa shape index (κ3) is 8.14. The third-order valence-corrected chi connectivity index (χ3v) is 6.51. The number of aromatic nitrogens is 4. The van der Waals surface area contributed by atoms with Crippen molar-refractivity contribution < 1.29 is 14.7 Å². The SMILES string of the molecule is O=C(Cc1ccccc1)Nc1ccc(CCCCc2nnc(NC(=O)[C@H](O)c3cccc(Cl)c3)s2)nn1. The second kappa shape index (κ2) is 13.0. The Hall–Kier alpha value is -3.73. The minimum absolute atomic E-state index is 0.139. The Kier molecular flexibility index (Phi) is 9.25. The number of anilines is 2. The first-order valence-electron chi connectivity index (χ1n) is 11.7. The number of hydrogen-bond acceptors (Lipinski definition) is 8. The lowest BCUT2D eigenvalue weighted by Crippen LogP contribution is -2.20. The summed E-state index contributed by atoms with van der Waals surface area (Å²) in [4.78, 5) is 24.5. The van der Waals surface area contributed by atoms with E-state index >= 15 is 0 Å². The molecule has 0 aliphatic heterocycles. The van der Waals surface area contributed by atoms with Crippen molar-refractivity contribution in [1.29, 1.82) is 0 Å². The Morgan fingerprint density at radius 2 is 1.70 bits per heavy atom. The van der Waals surface area contributed by atoms with E-state index in [1.807, 2.05) is 36.4 Å². The van der Waals surface area contributed by atoms with Crippen LogP contribution in [0.1, 0.15) is 40.8 Å². The number of hydrogen-bond donors (Lipinski definition) is 3. The van der Waals surface area contributed by atoms with Crippen molar-refractivity contribution in [2.24, 2.45) is 0 Å². The number of amides is 2. The first-order chi connectivity index (χ1) is 18.0. The van der Waals surface area contributed by atoms with Gasteiger partial charge in [-0.3, -0.25) is 14.9 Å². The molecule has 0 saturated heterocycles. The van der Waals surface area contributed by atoms with Gasteiger partial charge in [0.25, 0.3) is 5.91 Å². The summed E-state index contributed by atoms with van der Waals surface area (Å²) >= 11 is 7.19. The summed E-state index contributed by atoms with van der Waals surface area (Å²) in [7, 11) is 0. The van der Waals surface area contributed by atoms with Gasteiger partial charge in [-0.1, -0.05) is 65.4 Å². The number of rotatable bonds is 11. The predicted octanol–water partition coefficient (Wildman–Crippen LogP) is 4.40. The Balaban J connectivity index is 1.17. The van der Waals surface area contributed by atoms with Crippen molar-refractivity contribution in [3.05, 3.63) is 93.6 Å². The summed E-state index contributed by atoms with van der Waals surface area (Å²) in [5.74, 6) is -0.309. The molecule has 2 heterocycles. The summed E-state index contributed by atoms with van der Waals surface area (Å²) < 4.78 is 0. The van der Waals surface area contributed by atoms with Crippen LogP contribution >= 0.6 is 22.9 Å². The van der Waals surface area contributed by atoms with E-state index in [2.05, 4.69) is 31.0 Å². The maximum atomic E-state index is 12.3. The fraction of sp³-hybridized carbons (Fsp3) is 0.231. The minimum atomic E-state index is -1.35. The van der Waals surface area contributed by atoms with Gasteiger partial charge in [0, 0.05) is 11.4 Å². The molecule has 0 radical (unpaired) electrons. The van der Waals surface area contributed by atoms with E-state index in [1.54, 1.807) is 24.3 Å². The molecule has 0 aliphatic carbocycles. The zero-order chi connectivity index (χ0) is 26.0. The van der Waals surface area contributed by atoms with Crippen LogP contribution in [0, 0.1) is 0 Å². The number of halogens is 1. The number of benzene rings is 2. The number of carbonyl (C=O) groups excluding carboxylic acids is 2. The van der Waals surface area contributed by atoms with Gasteiger partial charge in [0.05, 0.1) is 12.1 Å². The quantitative estimate of drug-likeness (QED) is 0.242. The average Bonchev–Trinajstić information content (AvgIpc) is 3.34. The zero-order valence-electron chi connectivity index (χ0n) is 19.8. The molecule has 2 aromatic carbocycles. The van der Waals surface area contributed by atoms with Crippen LogP contribution in [0.5, 0.6) is 0 Å². The van der Waals surface area contributed by atoms with Crippen molar-refractivity contribution in [2.75, 3.05) is 10.6 Å². The number of unbranched alkanes of at least 4 members (excludes halogenated alkanes) is 1. The van der Waals surface area contributed by atoms with Crippen molar-refractivity contribution >= 4 is 45.7 Å². The lowest BCUT2D eigenvalue weighted by Gasteiger charge is -2.09. The molecule has 2 aromatic heterocycles. The smallest absolute Gasteiger partial charge is 0.259 e. The van der Waals surface area contributed by atoms with E-state index in [4.69, 9.17) is 11.6 Å². The normalized spacial score (nSPS) is 11.6. The van der Waals surface area contributed by atoms with Gasteiger partial charge in [-0.25, -0.2) is 0 Å². The molecular weight excluding hydrogens is 512 g/mol. The first-order valence-corrected chi connectivity index (χ1v) is 12.9. The number of aliphatic hydroxyl groups is 1. The highest BCUT2D eigenvalue weighted by Gasteiger charge is 2.19. The Morgan fingerprint density at radius 1 is 0.892 bits per heavy atom. The first kappa shape index (κ1) is 26.3. The number of nitrogens with zero attached hydrogens (tertiary/aromatic N) is 4. The van der Waals surface area contributed by atoms with E-state index in [0.717, 1.165) is 35.5 Å².